The molecule has 1 aliphatic carbocycles. The molecule has 1 aromatic heterocycles. The van der Waals surface area contributed by atoms with Crippen molar-refractivity contribution in [1.29, 1.82) is 0 Å². The first-order chi connectivity index (χ1) is 8.26. The van der Waals surface area contributed by atoms with E-state index in [9.17, 15) is 14.7 Å². The largest absolute Gasteiger partial charge is 0.481 e. The minimum atomic E-state index is -0.902. The molecule has 0 spiro atoms. The average molecular weight is 251 g/mol. The first-order valence-corrected chi connectivity index (χ1v) is 5.91. The maximum atomic E-state index is 12.0. The summed E-state index contributed by atoms with van der Waals surface area (Å²) in [4.78, 5) is 23.3. The topological polar surface area (TPSA) is 68.5 Å². The van der Waals surface area contributed by atoms with Crippen LogP contribution in [-0.4, -0.2) is 27.3 Å². The lowest BCUT2D eigenvalue weighted by Crippen LogP contribution is -2.31. The third kappa shape index (κ3) is 2.12. The predicted molar refractivity (Wildman–Crippen MR) is 64.6 cm³/mol. The van der Waals surface area contributed by atoms with Crippen LogP contribution in [0, 0.1) is 0 Å². The summed E-state index contributed by atoms with van der Waals surface area (Å²) < 4.78 is 6.55. The zero-order chi connectivity index (χ0) is 13.6. The van der Waals surface area contributed by atoms with Gasteiger partial charge >= 0.3 is 12.1 Å². The first kappa shape index (κ1) is 12.7. The molecule has 0 aromatic carbocycles. The highest BCUT2D eigenvalue weighted by Crippen LogP contribution is 2.48. The number of hydrogen-bond acceptors (Lipinski definition) is 3. The summed E-state index contributed by atoms with van der Waals surface area (Å²) in [7, 11) is 0. The number of hydrogen-bond donors (Lipinski definition) is 1. The molecule has 5 heteroatoms. The number of rotatable bonds is 2. The van der Waals surface area contributed by atoms with Gasteiger partial charge in [-0.25, -0.2) is 4.79 Å². The second-order valence-corrected chi connectivity index (χ2v) is 5.63. The molecular weight excluding hydrogens is 234 g/mol. The molecule has 98 valence electrons. The van der Waals surface area contributed by atoms with Gasteiger partial charge < -0.3 is 9.84 Å². The van der Waals surface area contributed by atoms with Gasteiger partial charge in [0.1, 0.15) is 11.0 Å². The van der Waals surface area contributed by atoms with E-state index >= 15 is 0 Å². The molecule has 0 unspecified atom stereocenters. The van der Waals surface area contributed by atoms with Crippen molar-refractivity contribution in [3.8, 4) is 0 Å². The van der Waals surface area contributed by atoms with E-state index < -0.39 is 23.1 Å². The third-order valence-electron chi connectivity index (χ3n) is 2.99. The Balaban J connectivity index is 2.29. The molecule has 2 rings (SSSR count). The highest BCUT2D eigenvalue weighted by Gasteiger charge is 2.54. The molecule has 1 saturated carbocycles. The van der Waals surface area contributed by atoms with Crippen LogP contribution in [0.15, 0.2) is 18.3 Å². The van der Waals surface area contributed by atoms with E-state index in [1.165, 1.54) is 4.57 Å². The lowest BCUT2D eigenvalue weighted by atomic mass is 10.0. The van der Waals surface area contributed by atoms with E-state index in [4.69, 9.17) is 4.74 Å². The smallest absolute Gasteiger partial charge is 0.418 e. The van der Waals surface area contributed by atoms with Crippen LogP contribution >= 0.6 is 0 Å². The van der Waals surface area contributed by atoms with Crippen LogP contribution in [0.25, 0.3) is 0 Å². The number of nitrogens with zero attached hydrogens (tertiary/aromatic N) is 1. The normalized spacial score (nSPS) is 17.3. The van der Waals surface area contributed by atoms with Gasteiger partial charge in [-0.1, -0.05) is 0 Å². The van der Waals surface area contributed by atoms with Crippen LogP contribution in [0.4, 0.5) is 4.79 Å². The Hall–Kier alpha value is -1.78. The fourth-order valence-corrected chi connectivity index (χ4v) is 1.95. The fraction of sp³-hybridized carbons (Fsp3) is 0.538. The van der Waals surface area contributed by atoms with Crippen molar-refractivity contribution in [3.63, 3.8) is 0 Å². The van der Waals surface area contributed by atoms with Crippen molar-refractivity contribution in [1.82, 2.24) is 4.57 Å². The minimum absolute atomic E-state index is 0.504. The molecule has 1 fully saturated rings. The maximum Gasteiger partial charge on any atom is 0.418 e. The average Bonchev–Trinajstić information content (AvgIpc) is 2.87. The molecule has 1 N–H and O–H groups in total. The first-order valence-electron chi connectivity index (χ1n) is 5.91. The molecule has 5 nitrogen and oxygen atoms in total. The molecular formula is C13H17NO4. The molecule has 0 atom stereocenters. The van der Waals surface area contributed by atoms with Gasteiger partial charge in [0.05, 0.1) is 0 Å². The van der Waals surface area contributed by atoms with Gasteiger partial charge in [-0.2, -0.15) is 0 Å². The number of aromatic nitrogens is 1. The Kier molecular flexibility index (Phi) is 2.72. The van der Waals surface area contributed by atoms with Crippen molar-refractivity contribution in [2.75, 3.05) is 0 Å². The maximum absolute atomic E-state index is 12.0. The highest BCUT2D eigenvalue weighted by molar-refractivity contribution is 5.86. The zero-order valence-electron chi connectivity index (χ0n) is 10.8. The minimum Gasteiger partial charge on any atom is -0.481 e. The Morgan fingerprint density at radius 2 is 2.00 bits per heavy atom. The second kappa shape index (κ2) is 3.86. The molecule has 1 aliphatic rings. The van der Waals surface area contributed by atoms with Crippen molar-refractivity contribution >= 4 is 12.1 Å². The standard InChI is InChI=1S/C13H17NO4/c1-12(2,3)18-11(17)14-8-4-5-9(14)13(6-7-13)10(15)16/h4-5,8H,6-7H2,1-3H3,(H,15,16). The van der Waals surface area contributed by atoms with Crippen molar-refractivity contribution in [2.45, 2.75) is 44.6 Å². The lowest BCUT2D eigenvalue weighted by molar-refractivity contribution is -0.140. The van der Waals surface area contributed by atoms with Crippen LogP contribution in [0.2, 0.25) is 0 Å². The Labute approximate surface area is 105 Å². The molecule has 0 saturated heterocycles. The van der Waals surface area contributed by atoms with Crippen LogP contribution in [0.5, 0.6) is 0 Å². The Morgan fingerprint density at radius 3 is 2.44 bits per heavy atom. The monoisotopic (exact) mass is 251 g/mol. The van der Waals surface area contributed by atoms with E-state index in [1.54, 1.807) is 39.1 Å². The summed E-state index contributed by atoms with van der Waals surface area (Å²) in [5.41, 5.74) is -0.997. The zero-order valence-corrected chi connectivity index (χ0v) is 10.8. The quantitative estimate of drug-likeness (QED) is 0.876. The van der Waals surface area contributed by atoms with Gasteiger partial charge in [-0.15, -0.1) is 0 Å². The number of carbonyl (C=O) groups is 2. The number of carboxylic acid groups (broad SMARTS) is 1. The summed E-state index contributed by atoms with van der Waals surface area (Å²) in [5, 5.41) is 9.25. The number of aliphatic carboxylic acids is 1. The van der Waals surface area contributed by atoms with E-state index in [-0.39, 0.29) is 0 Å². The van der Waals surface area contributed by atoms with Crippen LogP contribution < -0.4 is 0 Å². The van der Waals surface area contributed by atoms with E-state index in [1.807, 2.05) is 0 Å². The van der Waals surface area contributed by atoms with Gasteiger partial charge in [0.15, 0.2) is 0 Å². The molecule has 18 heavy (non-hydrogen) atoms. The number of ether oxygens (including phenoxy) is 1. The number of carboxylic acids is 1. The van der Waals surface area contributed by atoms with Gasteiger partial charge in [-0.05, 0) is 45.7 Å². The summed E-state index contributed by atoms with van der Waals surface area (Å²) in [6, 6.07) is 3.34. The third-order valence-corrected chi connectivity index (χ3v) is 2.99. The molecule has 0 radical (unpaired) electrons. The number of carbonyl (C=O) groups excluding carboxylic acids is 1. The predicted octanol–water partition coefficient (Wildman–Crippen LogP) is 2.39. The van der Waals surface area contributed by atoms with Gasteiger partial charge in [-0.3, -0.25) is 9.36 Å². The molecule has 0 bridgehead atoms. The van der Waals surface area contributed by atoms with Crippen molar-refractivity contribution in [2.24, 2.45) is 0 Å². The molecule has 1 aromatic rings. The van der Waals surface area contributed by atoms with Crippen LogP contribution in [0.1, 0.15) is 39.3 Å². The lowest BCUT2D eigenvalue weighted by Gasteiger charge is -2.21. The Morgan fingerprint density at radius 1 is 1.39 bits per heavy atom. The van der Waals surface area contributed by atoms with Crippen molar-refractivity contribution < 1.29 is 19.4 Å². The summed E-state index contributed by atoms with van der Waals surface area (Å²) >= 11 is 0. The van der Waals surface area contributed by atoms with Crippen LogP contribution in [0.3, 0.4) is 0 Å². The molecule has 1 heterocycles. The van der Waals surface area contributed by atoms with Crippen LogP contribution in [-0.2, 0) is 14.9 Å². The highest BCUT2D eigenvalue weighted by atomic mass is 16.6. The summed E-state index contributed by atoms with van der Waals surface area (Å²) in [5.74, 6) is -0.883. The van der Waals surface area contributed by atoms with E-state index in [0.717, 1.165) is 0 Å². The molecule has 0 aliphatic heterocycles. The van der Waals surface area contributed by atoms with E-state index in [2.05, 4.69) is 0 Å². The summed E-state index contributed by atoms with van der Waals surface area (Å²) in [6.07, 6.45) is 2.14. The van der Waals surface area contributed by atoms with Gasteiger partial charge in [0.2, 0.25) is 0 Å². The molecule has 0 amide bonds. The fourth-order valence-electron chi connectivity index (χ4n) is 1.95. The van der Waals surface area contributed by atoms with Gasteiger partial charge in [0.25, 0.3) is 0 Å². The van der Waals surface area contributed by atoms with E-state index in [0.29, 0.717) is 18.5 Å². The second-order valence-electron chi connectivity index (χ2n) is 5.63. The summed E-state index contributed by atoms with van der Waals surface area (Å²) in [6.45, 7) is 5.33. The SMILES string of the molecule is CC(C)(C)OC(=O)n1cccc1C1(C(=O)O)CC1. The van der Waals surface area contributed by atoms with Crippen molar-refractivity contribution in [3.05, 3.63) is 24.0 Å². The Bertz CT molecular complexity index is 491. The van der Waals surface area contributed by atoms with Gasteiger partial charge in [0, 0.05) is 11.9 Å².